The van der Waals surface area contributed by atoms with Gasteiger partial charge in [0.1, 0.15) is 11.5 Å². The predicted octanol–water partition coefficient (Wildman–Crippen LogP) is 3.54. The molecule has 0 saturated carbocycles. The molecular formula is C21H20FN3O2. The van der Waals surface area contributed by atoms with Crippen LogP contribution in [0.1, 0.15) is 11.1 Å². The van der Waals surface area contributed by atoms with E-state index in [1.807, 2.05) is 49.3 Å². The van der Waals surface area contributed by atoms with Crippen molar-refractivity contribution in [1.82, 2.24) is 10.2 Å². The normalized spacial score (nSPS) is 15.7. The van der Waals surface area contributed by atoms with E-state index in [0.717, 1.165) is 16.2 Å². The van der Waals surface area contributed by atoms with Crippen molar-refractivity contribution in [1.29, 1.82) is 0 Å². The van der Waals surface area contributed by atoms with Crippen molar-refractivity contribution < 1.29 is 14.0 Å². The van der Waals surface area contributed by atoms with Gasteiger partial charge in [0.25, 0.3) is 5.91 Å². The summed E-state index contributed by atoms with van der Waals surface area (Å²) < 4.78 is 13.8. The second kappa shape index (κ2) is 7.86. The summed E-state index contributed by atoms with van der Waals surface area (Å²) in [7, 11) is 3.94. The highest BCUT2D eigenvalue weighted by Crippen LogP contribution is 2.17. The molecule has 0 atom stereocenters. The highest BCUT2D eigenvalue weighted by Gasteiger charge is 2.33. The summed E-state index contributed by atoms with van der Waals surface area (Å²) >= 11 is 0. The van der Waals surface area contributed by atoms with Crippen LogP contribution in [-0.4, -0.2) is 30.9 Å². The molecule has 0 aromatic heterocycles. The number of nitrogens with zero attached hydrogens (tertiary/aromatic N) is 2. The Balaban J connectivity index is 1.69. The second-order valence-corrected chi connectivity index (χ2v) is 6.34. The minimum atomic E-state index is -0.557. The van der Waals surface area contributed by atoms with Crippen molar-refractivity contribution in [2.75, 3.05) is 19.0 Å². The fraction of sp³-hybridized carbons (Fsp3) is 0.143. The quantitative estimate of drug-likeness (QED) is 0.651. The fourth-order valence-corrected chi connectivity index (χ4v) is 2.67. The van der Waals surface area contributed by atoms with E-state index in [4.69, 9.17) is 0 Å². The number of hydrogen-bond acceptors (Lipinski definition) is 3. The highest BCUT2D eigenvalue weighted by atomic mass is 19.1. The molecule has 2 aromatic rings. The number of hydrogen-bond donors (Lipinski definition) is 1. The van der Waals surface area contributed by atoms with Crippen molar-refractivity contribution in [2.24, 2.45) is 0 Å². The number of nitrogens with one attached hydrogen (secondary N) is 1. The van der Waals surface area contributed by atoms with Gasteiger partial charge in [-0.25, -0.2) is 9.18 Å². The maximum Gasteiger partial charge on any atom is 0.329 e. The molecule has 6 heteroatoms. The Morgan fingerprint density at radius 1 is 1.07 bits per heavy atom. The minimum absolute atomic E-state index is 0.107. The number of anilines is 1. The zero-order chi connectivity index (χ0) is 19.4. The average Bonchev–Trinajstić information content (AvgIpc) is 2.91. The van der Waals surface area contributed by atoms with Crippen LogP contribution in [0.3, 0.4) is 0 Å². The van der Waals surface area contributed by atoms with Crippen molar-refractivity contribution in [3.05, 3.63) is 83.3 Å². The number of benzene rings is 2. The van der Waals surface area contributed by atoms with Gasteiger partial charge in [0.05, 0.1) is 6.54 Å². The van der Waals surface area contributed by atoms with Gasteiger partial charge in [0.15, 0.2) is 0 Å². The minimum Gasteiger partial charge on any atom is -0.378 e. The lowest BCUT2D eigenvalue weighted by atomic mass is 10.2. The third kappa shape index (κ3) is 4.23. The standard InChI is InChI=1S/C21H20FN3O2/c1-24(2)17-12-10-15(11-13-17)6-5-9-19-20(26)25(21(27)23-19)14-16-7-3-4-8-18(16)22/h3-13H,14H2,1-2H3,(H,23,27)/b6-5+,19-9+. The van der Waals surface area contributed by atoms with Gasteiger partial charge in [0, 0.05) is 25.3 Å². The van der Waals surface area contributed by atoms with Gasteiger partial charge in [-0.1, -0.05) is 42.5 Å². The van der Waals surface area contributed by atoms with Crippen molar-refractivity contribution >= 4 is 23.7 Å². The maximum absolute atomic E-state index is 13.8. The third-order valence-electron chi connectivity index (χ3n) is 4.21. The summed E-state index contributed by atoms with van der Waals surface area (Å²) in [6.07, 6.45) is 5.08. The van der Waals surface area contributed by atoms with Crippen LogP contribution in [0.15, 0.2) is 66.4 Å². The van der Waals surface area contributed by atoms with E-state index < -0.39 is 17.8 Å². The number of halogens is 1. The van der Waals surface area contributed by atoms with Crippen LogP contribution >= 0.6 is 0 Å². The molecule has 3 amide bonds. The first-order chi connectivity index (χ1) is 13.0. The molecule has 1 saturated heterocycles. The predicted molar refractivity (Wildman–Crippen MR) is 103 cm³/mol. The van der Waals surface area contributed by atoms with Crippen LogP contribution < -0.4 is 10.2 Å². The van der Waals surface area contributed by atoms with E-state index in [0.29, 0.717) is 5.56 Å². The van der Waals surface area contributed by atoms with E-state index in [2.05, 4.69) is 5.32 Å². The molecule has 0 aliphatic carbocycles. The molecule has 0 radical (unpaired) electrons. The Hall–Kier alpha value is -3.41. The SMILES string of the molecule is CN(C)c1ccc(/C=C/C=C2/NC(=O)N(Cc3ccccc3F)C2=O)cc1. The Morgan fingerprint density at radius 3 is 2.44 bits per heavy atom. The summed E-state index contributed by atoms with van der Waals surface area (Å²) in [6, 6.07) is 13.4. The second-order valence-electron chi connectivity index (χ2n) is 6.34. The molecule has 1 aliphatic rings. The molecule has 27 heavy (non-hydrogen) atoms. The zero-order valence-electron chi connectivity index (χ0n) is 15.1. The van der Waals surface area contributed by atoms with Gasteiger partial charge >= 0.3 is 6.03 Å². The van der Waals surface area contributed by atoms with E-state index in [1.54, 1.807) is 30.4 Å². The Bertz CT molecular complexity index is 917. The molecule has 0 bridgehead atoms. The van der Waals surface area contributed by atoms with Gasteiger partial charge in [-0.15, -0.1) is 0 Å². The van der Waals surface area contributed by atoms with Crippen LogP contribution in [0.4, 0.5) is 14.9 Å². The van der Waals surface area contributed by atoms with Crippen LogP contribution in [0.25, 0.3) is 6.08 Å². The van der Waals surface area contributed by atoms with E-state index in [1.165, 1.54) is 6.07 Å². The number of amides is 3. The summed E-state index contributed by atoms with van der Waals surface area (Å²) in [4.78, 5) is 27.4. The third-order valence-corrected chi connectivity index (χ3v) is 4.21. The monoisotopic (exact) mass is 365 g/mol. The topological polar surface area (TPSA) is 52.7 Å². The largest absolute Gasteiger partial charge is 0.378 e. The molecule has 2 aromatic carbocycles. The number of carbonyl (C=O) groups excluding carboxylic acids is 2. The lowest BCUT2D eigenvalue weighted by Crippen LogP contribution is -2.30. The van der Waals surface area contributed by atoms with Crippen LogP contribution in [0, 0.1) is 5.82 Å². The first-order valence-electron chi connectivity index (χ1n) is 8.47. The smallest absolute Gasteiger partial charge is 0.329 e. The average molecular weight is 365 g/mol. The molecule has 1 aliphatic heterocycles. The van der Waals surface area contributed by atoms with Crippen LogP contribution in [-0.2, 0) is 11.3 Å². The number of carbonyl (C=O) groups is 2. The van der Waals surface area contributed by atoms with Gasteiger partial charge in [-0.2, -0.15) is 0 Å². The number of imide groups is 1. The van der Waals surface area contributed by atoms with Crippen LogP contribution in [0.5, 0.6) is 0 Å². The van der Waals surface area contributed by atoms with Gasteiger partial charge in [-0.05, 0) is 29.8 Å². The number of urea groups is 1. The highest BCUT2D eigenvalue weighted by molar-refractivity contribution is 6.11. The van der Waals surface area contributed by atoms with Crippen molar-refractivity contribution in [3.63, 3.8) is 0 Å². The van der Waals surface area contributed by atoms with Gasteiger partial charge in [-0.3, -0.25) is 9.69 Å². The molecule has 138 valence electrons. The molecule has 0 unspecified atom stereocenters. The van der Waals surface area contributed by atoms with E-state index in [9.17, 15) is 14.0 Å². The van der Waals surface area contributed by atoms with Gasteiger partial charge < -0.3 is 10.2 Å². The number of rotatable bonds is 5. The Labute approximate surface area is 157 Å². The molecule has 1 fully saturated rings. The molecule has 3 rings (SSSR count). The molecule has 0 spiro atoms. The lowest BCUT2D eigenvalue weighted by Gasteiger charge is -2.12. The molecule has 5 nitrogen and oxygen atoms in total. The lowest BCUT2D eigenvalue weighted by molar-refractivity contribution is -0.123. The van der Waals surface area contributed by atoms with Crippen LogP contribution in [0.2, 0.25) is 0 Å². The van der Waals surface area contributed by atoms with Crippen molar-refractivity contribution in [3.8, 4) is 0 Å². The molecular weight excluding hydrogens is 345 g/mol. The van der Waals surface area contributed by atoms with E-state index in [-0.39, 0.29) is 12.2 Å². The Kier molecular flexibility index (Phi) is 5.35. The Morgan fingerprint density at radius 2 is 1.78 bits per heavy atom. The zero-order valence-corrected chi connectivity index (χ0v) is 15.1. The summed E-state index contributed by atoms with van der Waals surface area (Å²) in [5, 5.41) is 2.52. The van der Waals surface area contributed by atoms with Crippen molar-refractivity contribution in [2.45, 2.75) is 6.54 Å². The summed E-state index contributed by atoms with van der Waals surface area (Å²) in [5.41, 5.74) is 2.52. The number of allylic oxidation sites excluding steroid dienone is 2. The fourth-order valence-electron chi connectivity index (χ4n) is 2.67. The maximum atomic E-state index is 13.8. The summed E-state index contributed by atoms with van der Waals surface area (Å²) in [5.74, 6) is -0.924. The van der Waals surface area contributed by atoms with Gasteiger partial charge in [0.2, 0.25) is 0 Å². The van der Waals surface area contributed by atoms with E-state index >= 15 is 0 Å². The summed E-state index contributed by atoms with van der Waals surface area (Å²) in [6.45, 7) is -0.107. The molecule has 1 heterocycles. The first kappa shape index (κ1) is 18.4. The first-order valence-corrected chi connectivity index (χ1v) is 8.47. The molecule has 1 N–H and O–H groups in total.